The number of benzene rings is 2. The van der Waals surface area contributed by atoms with Gasteiger partial charge in [0, 0.05) is 23.1 Å². The minimum absolute atomic E-state index is 0.0783. The Kier molecular flexibility index (Phi) is 4.61. The molecule has 0 N–H and O–H groups in total. The molecule has 0 spiro atoms. The highest BCUT2D eigenvalue weighted by molar-refractivity contribution is 6.05. The molecule has 5 nitrogen and oxygen atoms in total. The molecule has 1 aliphatic heterocycles. The Labute approximate surface area is 166 Å². The van der Waals surface area contributed by atoms with Crippen molar-refractivity contribution in [3.8, 4) is 11.5 Å². The zero-order valence-corrected chi connectivity index (χ0v) is 16.9. The molecule has 4 rings (SSSR count). The van der Waals surface area contributed by atoms with E-state index in [-0.39, 0.29) is 11.5 Å². The summed E-state index contributed by atoms with van der Waals surface area (Å²) in [6.07, 6.45) is 2.93. The largest absolute Gasteiger partial charge is 0.493 e. The summed E-state index contributed by atoms with van der Waals surface area (Å²) in [7, 11) is 3.29. The number of methoxy groups -OCH3 is 2. The third kappa shape index (κ3) is 3.05. The number of aldehydes is 1. The quantitative estimate of drug-likeness (QED) is 0.730. The van der Waals surface area contributed by atoms with Gasteiger partial charge in [-0.15, -0.1) is 0 Å². The van der Waals surface area contributed by atoms with Gasteiger partial charge in [0.25, 0.3) is 0 Å². The van der Waals surface area contributed by atoms with Crippen LogP contribution in [0.25, 0.3) is 0 Å². The smallest absolute Gasteiger partial charge is 0.161 e. The van der Waals surface area contributed by atoms with Gasteiger partial charge in [-0.1, -0.05) is 26.0 Å². The summed E-state index contributed by atoms with van der Waals surface area (Å²) >= 11 is 0. The predicted molar refractivity (Wildman–Crippen MR) is 109 cm³/mol. The van der Waals surface area contributed by atoms with Crippen LogP contribution in [0.4, 0.5) is 0 Å². The molecule has 1 atom stereocenters. The van der Waals surface area contributed by atoms with Crippen molar-refractivity contribution in [1.82, 2.24) is 5.01 Å². The first-order chi connectivity index (χ1) is 13.5. The fourth-order valence-electron chi connectivity index (χ4n) is 4.39. The Balaban J connectivity index is 1.68. The molecule has 0 radical (unpaired) electrons. The van der Waals surface area contributed by atoms with Gasteiger partial charge in [-0.25, -0.2) is 0 Å². The van der Waals surface area contributed by atoms with Crippen molar-refractivity contribution in [2.75, 3.05) is 20.8 Å². The molecular formula is C23H26N2O3. The minimum atomic E-state index is -0.0783. The molecule has 2 aromatic rings. The SMILES string of the molecule is COc1ccc(C2=NN(C3CCc4cc(C=O)ccc43)CC2(C)C)cc1OC. The Morgan fingerprint density at radius 2 is 1.89 bits per heavy atom. The van der Waals surface area contributed by atoms with E-state index in [9.17, 15) is 4.79 Å². The number of nitrogens with zero attached hydrogens (tertiary/aromatic N) is 2. The number of ether oxygens (including phenoxy) is 2. The maximum absolute atomic E-state index is 11.1. The molecule has 0 aromatic heterocycles. The Bertz CT molecular complexity index is 949. The van der Waals surface area contributed by atoms with Gasteiger partial charge in [0.1, 0.15) is 6.29 Å². The summed E-state index contributed by atoms with van der Waals surface area (Å²) in [6, 6.07) is 12.3. The predicted octanol–water partition coefficient (Wildman–Crippen LogP) is 4.25. The lowest BCUT2D eigenvalue weighted by Gasteiger charge is -2.26. The Morgan fingerprint density at radius 1 is 1.11 bits per heavy atom. The average molecular weight is 378 g/mol. The highest BCUT2D eigenvalue weighted by Gasteiger charge is 2.40. The van der Waals surface area contributed by atoms with Crippen LogP contribution in [0.3, 0.4) is 0 Å². The number of hydrazone groups is 1. The van der Waals surface area contributed by atoms with E-state index in [1.807, 2.05) is 30.3 Å². The fourth-order valence-corrected chi connectivity index (χ4v) is 4.39. The summed E-state index contributed by atoms with van der Waals surface area (Å²) in [5.74, 6) is 1.43. The van der Waals surface area contributed by atoms with E-state index in [1.54, 1.807) is 14.2 Å². The number of aryl methyl sites for hydroxylation is 1. The van der Waals surface area contributed by atoms with E-state index in [1.165, 1.54) is 11.1 Å². The van der Waals surface area contributed by atoms with E-state index in [4.69, 9.17) is 14.6 Å². The second kappa shape index (κ2) is 6.97. The van der Waals surface area contributed by atoms with Crippen LogP contribution >= 0.6 is 0 Å². The van der Waals surface area contributed by atoms with Crippen molar-refractivity contribution in [1.29, 1.82) is 0 Å². The van der Waals surface area contributed by atoms with Crippen LogP contribution in [-0.2, 0) is 6.42 Å². The molecule has 1 heterocycles. The van der Waals surface area contributed by atoms with Gasteiger partial charge in [-0.2, -0.15) is 5.10 Å². The van der Waals surface area contributed by atoms with Gasteiger partial charge >= 0.3 is 0 Å². The van der Waals surface area contributed by atoms with E-state index in [2.05, 4.69) is 24.9 Å². The molecule has 1 aliphatic carbocycles. The maximum Gasteiger partial charge on any atom is 0.161 e. The molecular weight excluding hydrogens is 352 g/mol. The maximum atomic E-state index is 11.1. The first kappa shape index (κ1) is 18.5. The van der Waals surface area contributed by atoms with Crippen molar-refractivity contribution < 1.29 is 14.3 Å². The molecule has 2 aromatic carbocycles. The van der Waals surface area contributed by atoms with Crippen LogP contribution in [0.1, 0.15) is 53.4 Å². The monoisotopic (exact) mass is 378 g/mol. The summed E-state index contributed by atoms with van der Waals surface area (Å²) in [4.78, 5) is 11.1. The number of rotatable bonds is 5. The van der Waals surface area contributed by atoms with E-state index in [0.717, 1.165) is 48.3 Å². The molecule has 146 valence electrons. The molecule has 2 aliphatic rings. The van der Waals surface area contributed by atoms with Gasteiger partial charge < -0.3 is 9.47 Å². The molecule has 0 saturated carbocycles. The van der Waals surface area contributed by atoms with Crippen LogP contribution in [0.2, 0.25) is 0 Å². The molecule has 0 amide bonds. The first-order valence-electron chi connectivity index (χ1n) is 9.63. The third-order valence-corrected chi connectivity index (χ3v) is 5.79. The first-order valence-corrected chi connectivity index (χ1v) is 9.63. The zero-order chi connectivity index (χ0) is 19.9. The standard InChI is InChI=1S/C23H26N2O3/c1-23(2)14-25(19-9-6-16-11-15(13-26)5-8-18(16)19)24-22(23)17-7-10-20(27-3)21(12-17)28-4/h5,7-8,10-13,19H,6,9,14H2,1-4H3. The summed E-state index contributed by atoms with van der Waals surface area (Å²) in [5.41, 5.74) is 5.34. The van der Waals surface area contributed by atoms with Crippen LogP contribution in [-0.4, -0.2) is 37.8 Å². The van der Waals surface area contributed by atoms with Crippen molar-refractivity contribution in [3.63, 3.8) is 0 Å². The van der Waals surface area contributed by atoms with Crippen molar-refractivity contribution in [3.05, 3.63) is 58.7 Å². The van der Waals surface area contributed by atoms with Gasteiger partial charge in [0.15, 0.2) is 11.5 Å². The van der Waals surface area contributed by atoms with Crippen molar-refractivity contribution in [2.24, 2.45) is 10.5 Å². The number of fused-ring (bicyclic) bond motifs is 1. The van der Waals surface area contributed by atoms with Crippen LogP contribution < -0.4 is 9.47 Å². The summed E-state index contributed by atoms with van der Waals surface area (Å²) < 4.78 is 10.8. The van der Waals surface area contributed by atoms with Crippen molar-refractivity contribution in [2.45, 2.75) is 32.7 Å². The minimum Gasteiger partial charge on any atom is -0.493 e. The van der Waals surface area contributed by atoms with Crippen LogP contribution in [0.5, 0.6) is 11.5 Å². The second-order valence-corrected chi connectivity index (χ2v) is 8.13. The molecule has 0 bridgehead atoms. The fraction of sp³-hybridized carbons (Fsp3) is 0.391. The molecule has 5 heteroatoms. The molecule has 0 fully saturated rings. The van der Waals surface area contributed by atoms with Gasteiger partial charge in [0.05, 0.1) is 26.0 Å². The molecule has 28 heavy (non-hydrogen) atoms. The zero-order valence-electron chi connectivity index (χ0n) is 16.9. The van der Waals surface area contributed by atoms with E-state index in [0.29, 0.717) is 5.75 Å². The van der Waals surface area contributed by atoms with Crippen molar-refractivity contribution >= 4 is 12.0 Å². The van der Waals surface area contributed by atoms with Crippen LogP contribution in [0, 0.1) is 5.41 Å². The number of carbonyl (C=O) groups excluding carboxylic acids is 1. The Hall–Kier alpha value is -2.82. The number of carbonyl (C=O) groups is 1. The Morgan fingerprint density at radius 3 is 2.61 bits per heavy atom. The number of hydrogen-bond donors (Lipinski definition) is 0. The lowest BCUT2D eigenvalue weighted by molar-refractivity contribution is 0.112. The van der Waals surface area contributed by atoms with Crippen LogP contribution in [0.15, 0.2) is 41.5 Å². The lowest BCUT2D eigenvalue weighted by Crippen LogP contribution is -2.29. The topological polar surface area (TPSA) is 51.1 Å². The average Bonchev–Trinajstić information content (AvgIpc) is 3.26. The second-order valence-electron chi connectivity index (χ2n) is 8.13. The molecule has 0 saturated heterocycles. The van der Waals surface area contributed by atoms with Gasteiger partial charge in [0.2, 0.25) is 0 Å². The molecule has 1 unspecified atom stereocenters. The normalized spacial score (nSPS) is 19.9. The lowest BCUT2D eigenvalue weighted by atomic mass is 9.84. The summed E-state index contributed by atoms with van der Waals surface area (Å²) in [6.45, 7) is 5.32. The summed E-state index contributed by atoms with van der Waals surface area (Å²) in [5, 5.41) is 7.27. The van der Waals surface area contributed by atoms with Gasteiger partial charge in [-0.05, 0) is 48.2 Å². The number of hydrogen-bond acceptors (Lipinski definition) is 5. The van der Waals surface area contributed by atoms with Gasteiger partial charge in [-0.3, -0.25) is 9.80 Å². The third-order valence-electron chi connectivity index (χ3n) is 5.79. The highest BCUT2D eigenvalue weighted by Crippen LogP contribution is 2.42. The highest BCUT2D eigenvalue weighted by atomic mass is 16.5. The van der Waals surface area contributed by atoms with E-state index < -0.39 is 0 Å². The van der Waals surface area contributed by atoms with E-state index >= 15 is 0 Å².